The quantitative estimate of drug-likeness (QED) is 0.647. The van der Waals surface area contributed by atoms with E-state index in [1.807, 2.05) is 6.07 Å². The van der Waals surface area contributed by atoms with Gasteiger partial charge in [-0.15, -0.1) is 0 Å². The Hall–Kier alpha value is -3.30. The van der Waals surface area contributed by atoms with Crippen molar-refractivity contribution in [3.05, 3.63) is 65.2 Å². The zero-order valence-corrected chi connectivity index (χ0v) is 16.9. The summed E-state index contributed by atoms with van der Waals surface area (Å²) in [7, 11) is 1.77. The highest BCUT2D eigenvalue weighted by molar-refractivity contribution is 5.94. The zero-order valence-electron chi connectivity index (χ0n) is 16.9. The number of rotatable bonds is 6. The van der Waals surface area contributed by atoms with Gasteiger partial charge in [-0.2, -0.15) is 23.4 Å². The maximum atomic E-state index is 12.8. The number of ether oxygens (including phenoxy) is 1. The molecule has 10 heteroatoms. The molecule has 0 unspecified atom stereocenters. The number of halogens is 3. The first-order valence-electron chi connectivity index (χ1n) is 9.92. The van der Waals surface area contributed by atoms with E-state index in [0.29, 0.717) is 25.1 Å². The maximum absolute atomic E-state index is 12.8. The molecule has 1 aromatic carbocycles. The lowest BCUT2D eigenvalue weighted by atomic mass is 10.0. The molecule has 0 radical (unpaired) electrons. The summed E-state index contributed by atoms with van der Waals surface area (Å²) in [6.45, 7) is 1.46. The van der Waals surface area contributed by atoms with E-state index in [4.69, 9.17) is 4.74 Å². The van der Waals surface area contributed by atoms with Crippen molar-refractivity contribution in [3.8, 4) is 5.75 Å². The Kier molecular flexibility index (Phi) is 5.71. The first kappa shape index (κ1) is 21.0. The van der Waals surface area contributed by atoms with Crippen molar-refractivity contribution >= 4 is 5.91 Å². The standard InChI is InChI=1S/C21H22F3N5O2/c1-28-12-15(11-25-28)20(30)29-7-5-14(13-29)19-10-17(26-27-19)6-8-31-18-4-2-3-16(9-18)21(22,23)24/h2-4,9-12,14H,5-8,13H2,1H3,(H,26,27)/t14-/m0/s1. The van der Waals surface area contributed by atoms with Gasteiger partial charge in [0.2, 0.25) is 0 Å². The summed E-state index contributed by atoms with van der Waals surface area (Å²) in [5.74, 6) is 0.269. The van der Waals surface area contributed by atoms with Crippen LogP contribution in [-0.4, -0.2) is 50.5 Å². The average molecular weight is 433 g/mol. The molecule has 164 valence electrons. The van der Waals surface area contributed by atoms with Crippen molar-refractivity contribution in [1.29, 1.82) is 0 Å². The summed E-state index contributed by atoms with van der Waals surface area (Å²) in [5.41, 5.74) is 1.53. The Balaban J connectivity index is 1.29. The van der Waals surface area contributed by atoms with Crippen molar-refractivity contribution in [3.63, 3.8) is 0 Å². The minimum absolute atomic E-state index is 0.0409. The average Bonchev–Trinajstić information content (AvgIpc) is 3.47. The SMILES string of the molecule is Cn1cc(C(=O)N2CC[C@H](c3cc(CCOc4cccc(C(F)(F)F)c4)[nH]n3)C2)cn1. The van der Waals surface area contributed by atoms with Crippen LogP contribution in [0.3, 0.4) is 0 Å². The molecule has 4 rings (SSSR count). The predicted molar refractivity (Wildman–Crippen MR) is 106 cm³/mol. The highest BCUT2D eigenvalue weighted by Crippen LogP contribution is 2.31. The first-order chi connectivity index (χ1) is 14.8. The summed E-state index contributed by atoms with van der Waals surface area (Å²) in [6.07, 6.45) is 0.163. The molecule has 1 atom stereocenters. The highest BCUT2D eigenvalue weighted by atomic mass is 19.4. The predicted octanol–water partition coefficient (Wildman–Crippen LogP) is 3.41. The summed E-state index contributed by atoms with van der Waals surface area (Å²) in [4.78, 5) is 14.4. The van der Waals surface area contributed by atoms with Crippen LogP contribution < -0.4 is 4.74 Å². The van der Waals surface area contributed by atoms with E-state index in [1.165, 1.54) is 12.1 Å². The molecule has 0 spiro atoms. The van der Waals surface area contributed by atoms with Gasteiger partial charge < -0.3 is 9.64 Å². The molecule has 1 fully saturated rings. The minimum atomic E-state index is -4.40. The molecule has 7 nitrogen and oxygen atoms in total. The van der Waals surface area contributed by atoms with Crippen molar-refractivity contribution in [2.45, 2.75) is 24.9 Å². The molecule has 1 N–H and O–H groups in total. The number of aromatic nitrogens is 4. The number of carbonyl (C=O) groups is 1. The van der Waals surface area contributed by atoms with Crippen LogP contribution >= 0.6 is 0 Å². The lowest BCUT2D eigenvalue weighted by Crippen LogP contribution is -2.28. The van der Waals surface area contributed by atoms with Crippen LogP contribution in [0.15, 0.2) is 42.7 Å². The third kappa shape index (κ3) is 4.89. The fraction of sp³-hybridized carbons (Fsp3) is 0.381. The van der Waals surface area contributed by atoms with Gasteiger partial charge in [0.15, 0.2) is 0 Å². The molecule has 1 amide bonds. The number of likely N-dealkylation sites (tertiary alicyclic amines) is 1. The highest BCUT2D eigenvalue weighted by Gasteiger charge is 2.31. The van der Waals surface area contributed by atoms with Crippen LogP contribution in [0.2, 0.25) is 0 Å². The van der Waals surface area contributed by atoms with Gasteiger partial charge in [0, 0.05) is 44.4 Å². The third-order valence-corrected chi connectivity index (χ3v) is 5.30. The van der Waals surface area contributed by atoms with Gasteiger partial charge in [0.1, 0.15) is 5.75 Å². The molecule has 31 heavy (non-hydrogen) atoms. The molecule has 3 heterocycles. The number of aromatic amines is 1. The summed E-state index contributed by atoms with van der Waals surface area (Å²) in [6, 6.07) is 6.76. The van der Waals surface area contributed by atoms with Gasteiger partial charge in [-0.05, 0) is 30.7 Å². The van der Waals surface area contributed by atoms with Gasteiger partial charge in [0.05, 0.1) is 29.6 Å². The summed E-state index contributed by atoms with van der Waals surface area (Å²) >= 11 is 0. The van der Waals surface area contributed by atoms with E-state index in [9.17, 15) is 18.0 Å². The number of nitrogens with zero attached hydrogens (tertiary/aromatic N) is 4. The van der Waals surface area contributed by atoms with Crippen LogP contribution in [0, 0.1) is 0 Å². The van der Waals surface area contributed by atoms with Gasteiger partial charge in [0.25, 0.3) is 5.91 Å². The molecule has 0 bridgehead atoms. The smallest absolute Gasteiger partial charge is 0.416 e. The molecule has 1 aliphatic heterocycles. The van der Waals surface area contributed by atoms with Gasteiger partial charge in [-0.25, -0.2) is 0 Å². The normalized spacial score (nSPS) is 16.6. The number of H-pyrrole nitrogens is 1. The topological polar surface area (TPSA) is 76.0 Å². The van der Waals surface area contributed by atoms with E-state index in [-0.39, 0.29) is 24.2 Å². The number of alkyl halides is 3. The van der Waals surface area contributed by atoms with Crippen molar-refractivity contribution in [2.24, 2.45) is 7.05 Å². The van der Waals surface area contributed by atoms with Gasteiger partial charge >= 0.3 is 6.18 Å². The molecule has 1 saturated heterocycles. The minimum Gasteiger partial charge on any atom is -0.493 e. The number of aryl methyl sites for hydroxylation is 1. The van der Waals surface area contributed by atoms with Crippen molar-refractivity contribution < 1.29 is 22.7 Å². The molecular formula is C21H22F3N5O2. The number of carbonyl (C=O) groups excluding carboxylic acids is 1. The number of benzene rings is 1. The third-order valence-electron chi connectivity index (χ3n) is 5.30. The zero-order chi connectivity index (χ0) is 22.0. The fourth-order valence-corrected chi connectivity index (χ4v) is 3.66. The van der Waals surface area contributed by atoms with Crippen LogP contribution in [0.1, 0.15) is 39.6 Å². The second-order valence-electron chi connectivity index (χ2n) is 7.58. The summed E-state index contributed by atoms with van der Waals surface area (Å²) in [5, 5.41) is 11.4. The Labute approximate surface area is 176 Å². The second-order valence-corrected chi connectivity index (χ2v) is 7.58. The summed E-state index contributed by atoms with van der Waals surface area (Å²) < 4.78 is 45.4. The fourth-order valence-electron chi connectivity index (χ4n) is 3.66. The van der Waals surface area contributed by atoms with Crippen LogP contribution in [-0.2, 0) is 19.6 Å². The van der Waals surface area contributed by atoms with Crippen molar-refractivity contribution in [1.82, 2.24) is 24.9 Å². The molecule has 0 saturated carbocycles. The Bertz CT molecular complexity index is 1060. The number of amides is 1. The van der Waals surface area contributed by atoms with Crippen molar-refractivity contribution in [2.75, 3.05) is 19.7 Å². The Morgan fingerprint density at radius 1 is 1.32 bits per heavy atom. The molecule has 0 aliphatic carbocycles. The Morgan fingerprint density at radius 2 is 2.16 bits per heavy atom. The van der Waals surface area contributed by atoms with Crippen LogP contribution in [0.4, 0.5) is 13.2 Å². The molecular weight excluding hydrogens is 411 g/mol. The number of hydrogen-bond donors (Lipinski definition) is 1. The largest absolute Gasteiger partial charge is 0.493 e. The first-order valence-corrected chi connectivity index (χ1v) is 9.92. The Morgan fingerprint density at radius 3 is 2.90 bits per heavy atom. The van der Waals surface area contributed by atoms with E-state index >= 15 is 0 Å². The van der Waals surface area contributed by atoms with E-state index in [1.54, 1.807) is 29.0 Å². The van der Waals surface area contributed by atoms with Gasteiger partial charge in [-0.3, -0.25) is 14.6 Å². The van der Waals surface area contributed by atoms with Crippen LogP contribution in [0.5, 0.6) is 5.75 Å². The van der Waals surface area contributed by atoms with E-state index in [0.717, 1.165) is 29.9 Å². The lowest BCUT2D eigenvalue weighted by molar-refractivity contribution is -0.137. The van der Waals surface area contributed by atoms with E-state index in [2.05, 4.69) is 15.3 Å². The molecule has 3 aromatic rings. The van der Waals surface area contributed by atoms with Crippen LogP contribution in [0.25, 0.3) is 0 Å². The maximum Gasteiger partial charge on any atom is 0.416 e. The number of nitrogens with one attached hydrogen (secondary N) is 1. The lowest BCUT2D eigenvalue weighted by Gasteiger charge is -2.14. The van der Waals surface area contributed by atoms with E-state index < -0.39 is 11.7 Å². The van der Waals surface area contributed by atoms with Gasteiger partial charge in [-0.1, -0.05) is 6.07 Å². The monoisotopic (exact) mass is 433 g/mol. The number of hydrogen-bond acceptors (Lipinski definition) is 4. The second kappa shape index (κ2) is 8.44. The molecule has 1 aliphatic rings. The molecule has 2 aromatic heterocycles.